The summed E-state index contributed by atoms with van der Waals surface area (Å²) in [6, 6.07) is 14.5. The Hall–Kier alpha value is -3.23. The molecule has 34 heavy (non-hydrogen) atoms. The first kappa shape index (κ1) is 23.9. The Kier molecular flexibility index (Phi) is 7.59. The Bertz CT molecular complexity index is 1130. The van der Waals surface area contributed by atoms with Crippen LogP contribution in [0.3, 0.4) is 0 Å². The molecule has 1 fully saturated rings. The Morgan fingerprint density at radius 2 is 2.09 bits per heavy atom. The van der Waals surface area contributed by atoms with Crippen molar-refractivity contribution >= 4 is 11.7 Å². The van der Waals surface area contributed by atoms with E-state index in [2.05, 4.69) is 34.1 Å². The molecule has 0 bridgehead atoms. The molecule has 0 amide bonds. The van der Waals surface area contributed by atoms with Crippen molar-refractivity contribution in [2.24, 2.45) is 0 Å². The molecule has 2 aromatic carbocycles. The lowest BCUT2D eigenvalue weighted by Gasteiger charge is -2.36. The summed E-state index contributed by atoms with van der Waals surface area (Å²) in [5.74, 6) is 0.105. The van der Waals surface area contributed by atoms with Crippen molar-refractivity contribution in [3.05, 3.63) is 53.6 Å². The number of aliphatic carboxylic acids is 1. The first-order valence-electron chi connectivity index (χ1n) is 11.7. The van der Waals surface area contributed by atoms with Gasteiger partial charge in [0.05, 0.1) is 13.2 Å². The third-order valence-corrected chi connectivity index (χ3v) is 6.21. The molecule has 0 spiro atoms. The van der Waals surface area contributed by atoms with E-state index in [0.717, 1.165) is 28.8 Å². The number of methoxy groups -OCH3 is 1. The molecule has 8 nitrogen and oxygen atoms in total. The summed E-state index contributed by atoms with van der Waals surface area (Å²) in [5.41, 5.74) is 4.98. The Balaban J connectivity index is 1.56. The van der Waals surface area contributed by atoms with Crippen molar-refractivity contribution in [2.45, 2.75) is 45.4 Å². The van der Waals surface area contributed by atoms with E-state index in [-0.39, 0.29) is 6.54 Å². The monoisotopic (exact) mass is 464 g/mol. The molecule has 1 aromatic heterocycles. The third kappa shape index (κ3) is 5.63. The van der Waals surface area contributed by atoms with Gasteiger partial charge in [-0.15, -0.1) is 0 Å². The molecule has 8 heteroatoms. The molecule has 4 rings (SSSR count). The van der Waals surface area contributed by atoms with Crippen molar-refractivity contribution in [3.63, 3.8) is 0 Å². The second kappa shape index (κ2) is 10.8. The van der Waals surface area contributed by atoms with Crippen LogP contribution in [0, 0.1) is 0 Å². The quantitative estimate of drug-likeness (QED) is 0.497. The van der Waals surface area contributed by atoms with Crippen molar-refractivity contribution in [1.82, 2.24) is 15.0 Å². The minimum absolute atomic E-state index is 0.0212. The van der Waals surface area contributed by atoms with Gasteiger partial charge in [-0.25, -0.2) is 0 Å². The zero-order valence-electron chi connectivity index (χ0n) is 20.0. The lowest BCUT2D eigenvalue weighted by Crippen LogP contribution is -2.38. The predicted molar refractivity (Wildman–Crippen MR) is 131 cm³/mol. The summed E-state index contributed by atoms with van der Waals surface area (Å²) in [7, 11) is 3.49. The van der Waals surface area contributed by atoms with E-state index in [1.54, 1.807) is 19.1 Å². The van der Waals surface area contributed by atoms with E-state index >= 15 is 0 Å². The molecule has 1 unspecified atom stereocenters. The molecular formula is C26H32N4O4. The number of likely N-dealkylation sites (N-methyl/N-ethyl adjacent to an activating group) is 1. The number of piperidine rings is 1. The first-order valence-corrected chi connectivity index (χ1v) is 11.7. The Morgan fingerprint density at radius 1 is 1.24 bits per heavy atom. The minimum atomic E-state index is -0.852. The van der Waals surface area contributed by atoms with E-state index in [1.165, 1.54) is 24.9 Å². The zero-order chi connectivity index (χ0) is 24.1. The van der Waals surface area contributed by atoms with Gasteiger partial charge in [-0.05, 0) is 63.1 Å². The van der Waals surface area contributed by atoms with Gasteiger partial charge in [0, 0.05) is 48.6 Å². The number of carbonyl (C=O) groups is 1. The number of hydrogen-bond acceptors (Lipinski definition) is 7. The fourth-order valence-corrected chi connectivity index (χ4v) is 4.59. The van der Waals surface area contributed by atoms with Gasteiger partial charge in [-0.3, -0.25) is 9.69 Å². The molecule has 1 N–H and O–H groups in total. The third-order valence-electron chi connectivity index (χ3n) is 6.21. The highest BCUT2D eigenvalue weighted by atomic mass is 16.5. The highest BCUT2D eigenvalue weighted by Gasteiger charge is 2.22. The molecule has 3 aromatic rings. The minimum Gasteiger partial charge on any atom is -0.480 e. The number of carboxylic acid groups (broad SMARTS) is 1. The number of carboxylic acids is 1. The molecule has 0 aliphatic carbocycles. The maximum Gasteiger partial charge on any atom is 0.317 e. The van der Waals surface area contributed by atoms with Crippen molar-refractivity contribution < 1.29 is 19.2 Å². The van der Waals surface area contributed by atoms with E-state index < -0.39 is 5.97 Å². The van der Waals surface area contributed by atoms with Crippen LogP contribution >= 0.6 is 0 Å². The van der Waals surface area contributed by atoms with E-state index in [1.807, 2.05) is 30.3 Å². The van der Waals surface area contributed by atoms with E-state index in [0.29, 0.717) is 30.9 Å². The van der Waals surface area contributed by atoms with Crippen LogP contribution in [-0.4, -0.2) is 59.4 Å². The lowest BCUT2D eigenvalue weighted by molar-refractivity contribution is -0.138. The molecule has 1 atom stereocenters. The standard InChI is InChI=1S/C26H32N4O4/c1-18-7-4-5-12-30(18)23-11-10-21(14-22(23)17-33-3)26-27-25(28-34-26)20-9-6-8-19(13-20)15-29(2)16-24(31)32/h6,8-11,13-14,18H,4-5,7,12,15-17H2,1-3H3,(H,31,32). The maximum atomic E-state index is 10.9. The topological polar surface area (TPSA) is 91.9 Å². The average Bonchev–Trinajstić information content (AvgIpc) is 3.30. The smallest absolute Gasteiger partial charge is 0.317 e. The largest absolute Gasteiger partial charge is 0.480 e. The molecule has 0 saturated carbocycles. The zero-order valence-corrected chi connectivity index (χ0v) is 20.0. The average molecular weight is 465 g/mol. The summed E-state index contributed by atoms with van der Waals surface area (Å²) in [5, 5.41) is 13.2. The molecule has 1 saturated heterocycles. The van der Waals surface area contributed by atoms with Crippen LogP contribution in [0.5, 0.6) is 0 Å². The van der Waals surface area contributed by atoms with Gasteiger partial charge in [0.2, 0.25) is 5.82 Å². The summed E-state index contributed by atoms with van der Waals surface area (Å²) >= 11 is 0. The number of rotatable bonds is 9. The number of benzene rings is 2. The van der Waals surface area contributed by atoms with Crippen LogP contribution < -0.4 is 4.90 Å². The van der Waals surface area contributed by atoms with Gasteiger partial charge in [-0.1, -0.05) is 23.4 Å². The van der Waals surface area contributed by atoms with Gasteiger partial charge in [0.15, 0.2) is 0 Å². The van der Waals surface area contributed by atoms with Crippen LogP contribution in [0.15, 0.2) is 47.0 Å². The van der Waals surface area contributed by atoms with E-state index in [4.69, 9.17) is 14.4 Å². The first-order chi connectivity index (χ1) is 16.4. The molecule has 0 radical (unpaired) electrons. The number of ether oxygens (including phenoxy) is 1. The normalized spacial score (nSPS) is 16.2. The highest BCUT2D eigenvalue weighted by Crippen LogP contribution is 2.32. The second-order valence-electron chi connectivity index (χ2n) is 9.00. The molecule has 1 aliphatic heterocycles. The summed E-state index contributed by atoms with van der Waals surface area (Å²) < 4.78 is 11.1. The number of anilines is 1. The second-order valence-corrected chi connectivity index (χ2v) is 9.00. The highest BCUT2D eigenvalue weighted by molar-refractivity contribution is 5.69. The SMILES string of the molecule is COCc1cc(-c2nc(-c3cccc(CN(C)CC(=O)O)c3)no2)ccc1N1CCCCC1C. The van der Waals surface area contributed by atoms with Crippen LogP contribution in [0.1, 0.15) is 37.3 Å². The van der Waals surface area contributed by atoms with Gasteiger partial charge in [0.25, 0.3) is 5.89 Å². The number of nitrogens with zero attached hydrogens (tertiary/aromatic N) is 4. The van der Waals surface area contributed by atoms with Gasteiger partial charge >= 0.3 is 5.97 Å². The van der Waals surface area contributed by atoms with Crippen LogP contribution in [0.4, 0.5) is 5.69 Å². The lowest BCUT2D eigenvalue weighted by atomic mass is 10.00. The van der Waals surface area contributed by atoms with Crippen LogP contribution in [0.2, 0.25) is 0 Å². The summed E-state index contributed by atoms with van der Waals surface area (Å²) in [6.45, 7) is 4.34. The molecule has 180 valence electrons. The number of hydrogen-bond donors (Lipinski definition) is 1. The van der Waals surface area contributed by atoms with Crippen molar-refractivity contribution in [2.75, 3.05) is 32.1 Å². The van der Waals surface area contributed by atoms with Crippen LogP contribution in [0.25, 0.3) is 22.8 Å². The fraction of sp³-hybridized carbons (Fsp3) is 0.423. The van der Waals surface area contributed by atoms with Gasteiger partial charge in [0.1, 0.15) is 0 Å². The van der Waals surface area contributed by atoms with Crippen molar-refractivity contribution in [3.8, 4) is 22.8 Å². The van der Waals surface area contributed by atoms with Gasteiger partial charge < -0.3 is 19.3 Å². The van der Waals surface area contributed by atoms with E-state index in [9.17, 15) is 4.79 Å². The fourth-order valence-electron chi connectivity index (χ4n) is 4.59. The van der Waals surface area contributed by atoms with Crippen molar-refractivity contribution in [1.29, 1.82) is 0 Å². The maximum absolute atomic E-state index is 10.9. The predicted octanol–water partition coefficient (Wildman–Crippen LogP) is 4.45. The Morgan fingerprint density at radius 3 is 2.85 bits per heavy atom. The molecular weight excluding hydrogens is 432 g/mol. The summed E-state index contributed by atoms with van der Waals surface area (Å²) in [6.07, 6.45) is 3.68. The molecule has 1 aliphatic rings. The van der Waals surface area contributed by atoms with Gasteiger partial charge in [-0.2, -0.15) is 4.98 Å². The number of aromatic nitrogens is 2. The van der Waals surface area contributed by atoms with Crippen LogP contribution in [-0.2, 0) is 22.7 Å². The summed E-state index contributed by atoms with van der Waals surface area (Å²) in [4.78, 5) is 19.8. The molecule has 2 heterocycles. The Labute approximate surface area is 200 Å².